The van der Waals surface area contributed by atoms with E-state index in [0.29, 0.717) is 19.5 Å². The number of nitrogens with two attached hydrogens (primary N) is 1. The molecule has 0 atom stereocenters. The summed E-state index contributed by atoms with van der Waals surface area (Å²) in [6.45, 7) is 4.56. The van der Waals surface area contributed by atoms with Crippen LogP contribution < -0.4 is 32.5 Å². The second-order valence-corrected chi connectivity index (χ2v) is 9.50. The molecule has 0 aliphatic heterocycles. The molecule has 0 saturated heterocycles. The number of allylic oxidation sites excluding steroid dienone is 1. The lowest BCUT2D eigenvalue weighted by molar-refractivity contribution is -0.118. The van der Waals surface area contributed by atoms with Crippen LogP contribution in [0, 0.1) is 5.92 Å². The smallest absolute Gasteiger partial charge is 0.330 e. The Bertz CT molecular complexity index is 1200. The van der Waals surface area contributed by atoms with Crippen LogP contribution in [0.1, 0.15) is 51.5 Å². The lowest BCUT2D eigenvalue weighted by atomic mass is 9.97. The van der Waals surface area contributed by atoms with Gasteiger partial charge in [0, 0.05) is 13.1 Å². The quantitative estimate of drug-likeness (QED) is 0.372. The number of carbonyl (C=O) groups excluding carboxylic acids is 2. The van der Waals surface area contributed by atoms with Crippen molar-refractivity contribution in [3.63, 3.8) is 0 Å². The van der Waals surface area contributed by atoms with Gasteiger partial charge in [0.2, 0.25) is 5.91 Å². The molecule has 0 unspecified atom stereocenters. The van der Waals surface area contributed by atoms with Gasteiger partial charge in [-0.15, -0.1) is 0 Å². The highest BCUT2D eigenvalue weighted by molar-refractivity contribution is 5.96. The van der Waals surface area contributed by atoms with Crippen molar-refractivity contribution in [3.8, 4) is 0 Å². The van der Waals surface area contributed by atoms with Gasteiger partial charge in [0.25, 0.3) is 5.56 Å². The lowest BCUT2D eigenvalue weighted by Gasteiger charge is -2.26. The molecule has 0 saturated carbocycles. The van der Waals surface area contributed by atoms with E-state index in [1.165, 1.54) is 10.1 Å². The fourth-order valence-electron chi connectivity index (χ4n) is 4.17. The third-order valence-electron chi connectivity index (χ3n) is 6.06. The van der Waals surface area contributed by atoms with Crippen LogP contribution in [0.15, 0.2) is 51.6 Å². The van der Waals surface area contributed by atoms with E-state index < -0.39 is 23.2 Å². The van der Waals surface area contributed by atoms with Crippen molar-refractivity contribution in [1.29, 1.82) is 0 Å². The molecule has 0 fully saturated rings. The Morgan fingerprint density at radius 2 is 1.92 bits per heavy atom. The predicted octanol–water partition coefficient (Wildman–Crippen LogP) is 2.35. The van der Waals surface area contributed by atoms with Gasteiger partial charge < -0.3 is 16.0 Å². The number of aromatic amines is 1. The maximum absolute atomic E-state index is 12.9. The summed E-state index contributed by atoms with van der Waals surface area (Å²) in [7, 11) is 0. The van der Waals surface area contributed by atoms with Gasteiger partial charge in [0.15, 0.2) is 0 Å². The molecule has 2 aromatic rings. The summed E-state index contributed by atoms with van der Waals surface area (Å²) < 4.78 is 1.28. The largest absolute Gasteiger partial charge is 0.383 e. The van der Waals surface area contributed by atoms with Crippen LogP contribution >= 0.6 is 0 Å². The molecule has 0 radical (unpaired) electrons. The van der Waals surface area contributed by atoms with Gasteiger partial charge in [-0.2, -0.15) is 0 Å². The van der Waals surface area contributed by atoms with Crippen molar-refractivity contribution in [1.82, 2.24) is 20.2 Å². The lowest BCUT2D eigenvalue weighted by Crippen LogP contribution is -2.47. The zero-order valence-electron chi connectivity index (χ0n) is 21.0. The first kappa shape index (κ1) is 26.8. The van der Waals surface area contributed by atoms with Crippen molar-refractivity contribution in [2.45, 2.75) is 52.5 Å². The van der Waals surface area contributed by atoms with E-state index in [-0.39, 0.29) is 30.5 Å². The minimum Gasteiger partial charge on any atom is -0.383 e. The summed E-state index contributed by atoms with van der Waals surface area (Å²) in [5.74, 6) is -0.370. The highest BCUT2D eigenvalue weighted by atomic mass is 16.2. The molecular weight excluding hydrogens is 460 g/mol. The highest BCUT2D eigenvalue weighted by Gasteiger charge is 2.22. The summed E-state index contributed by atoms with van der Waals surface area (Å²) in [6.07, 6.45) is 7.08. The number of benzene rings is 1. The molecule has 3 amide bonds. The Morgan fingerprint density at radius 3 is 2.58 bits per heavy atom. The van der Waals surface area contributed by atoms with Gasteiger partial charge in [-0.3, -0.25) is 24.5 Å². The van der Waals surface area contributed by atoms with E-state index >= 15 is 0 Å². The van der Waals surface area contributed by atoms with Crippen LogP contribution in [-0.2, 0) is 11.3 Å². The summed E-state index contributed by atoms with van der Waals surface area (Å²) in [5.41, 5.74) is 7.21. The number of anilines is 2. The first-order valence-corrected chi connectivity index (χ1v) is 12.4. The van der Waals surface area contributed by atoms with E-state index in [0.717, 1.165) is 31.2 Å². The molecule has 10 heteroatoms. The number of H-pyrrole nitrogens is 1. The van der Waals surface area contributed by atoms with Gasteiger partial charge in [-0.25, -0.2) is 9.59 Å². The van der Waals surface area contributed by atoms with Crippen molar-refractivity contribution in [3.05, 3.63) is 68.4 Å². The minimum absolute atomic E-state index is 0.0257. The van der Waals surface area contributed by atoms with Gasteiger partial charge in [0.05, 0.1) is 13.1 Å². The normalized spacial score (nSPS) is 13.2. The van der Waals surface area contributed by atoms with Crippen LogP contribution in [0.5, 0.6) is 0 Å². The topological polar surface area (TPSA) is 142 Å². The number of carbonyl (C=O) groups is 2. The second kappa shape index (κ2) is 12.8. The SMILES string of the molecule is CC(C)CNC(=O)NC(=O)CN(CCC1=CCCCC1)c1c(N)n(Cc2ccccc2)c(=O)[nH]c1=O. The number of aromatic nitrogens is 2. The first-order valence-electron chi connectivity index (χ1n) is 12.4. The number of hydrogen-bond donors (Lipinski definition) is 4. The van der Waals surface area contributed by atoms with Crippen LogP contribution in [0.4, 0.5) is 16.3 Å². The summed E-state index contributed by atoms with van der Waals surface area (Å²) in [4.78, 5) is 54.3. The van der Waals surface area contributed by atoms with Crippen LogP contribution in [0.2, 0.25) is 0 Å². The number of nitrogen functional groups attached to an aromatic ring is 1. The monoisotopic (exact) mass is 496 g/mol. The molecular formula is C26H36N6O4. The standard InChI is InChI=1S/C26H36N6O4/c1-18(2)15-28-25(35)29-21(33)17-31(14-13-19-9-5-3-6-10-19)22-23(27)32(26(36)30-24(22)34)16-20-11-7-4-8-12-20/h4,7-9,11-12,18H,3,5-6,10,13-17,27H2,1-2H3,(H,30,34,36)(H2,28,29,33,35). The Balaban J connectivity index is 1.88. The third kappa shape index (κ3) is 7.59. The van der Waals surface area contributed by atoms with Crippen molar-refractivity contribution in [2.75, 3.05) is 30.3 Å². The zero-order valence-corrected chi connectivity index (χ0v) is 21.0. The average molecular weight is 497 g/mol. The van der Waals surface area contributed by atoms with Crippen molar-refractivity contribution >= 4 is 23.4 Å². The highest BCUT2D eigenvalue weighted by Crippen LogP contribution is 2.23. The molecule has 1 aromatic heterocycles. The number of urea groups is 1. The number of amides is 3. The third-order valence-corrected chi connectivity index (χ3v) is 6.06. The van der Waals surface area contributed by atoms with Gasteiger partial charge in [0.1, 0.15) is 11.5 Å². The molecule has 10 nitrogen and oxygen atoms in total. The number of imide groups is 1. The fraction of sp³-hybridized carbons (Fsp3) is 0.462. The Kier molecular flexibility index (Phi) is 9.49. The van der Waals surface area contributed by atoms with E-state index in [9.17, 15) is 19.2 Å². The van der Waals surface area contributed by atoms with Crippen LogP contribution in [0.3, 0.4) is 0 Å². The van der Waals surface area contributed by atoms with E-state index in [1.54, 1.807) is 4.90 Å². The molecule has 0 spiro atoms. The summed E-state index contributed by atoms with van der Waals surface area (Å²) in [5, 5.41) is 4.95. The van der Waals surface area contributed by atoms with Gasteiger partial charge in [-0.1, -0.05) is 55.8 Å². The molecule has 3 rings (SSSR count). The number of nitrogens with zero attached hydrogens (tertiary/aromatic N) is 2. The molecule has 1 aromatic carbocycles. The molecule has 1 heterocycles. The fourth-order valence-corrected chi connectivity index (χ4v) is 4.17. The molecule has 1 aliphatic carbocycles. The Hall–Kier alpha value is -3.82. The number of nitrogens with one attached hydrogen (secondary N) is 3. The van der Waals surface area contributed by atoms with E-state index in [1.807, 2.05) is 44.2 Å². The predicted molar refractivity (Wildman–Crippen MR) is 141 cm³/mol. The van der Waals surface area contributed by atoms with Crippen LogP contribution in [-0.4, -0.2) is 41.1 Å². The zero-order chi connectivity index (χ0) is 26.1. The van der Waals surface area contributed by atoms with Gasteiger partial charge >= 0.3 is 11.7 Å². The molecule has 194 valence electrons. The van der Waals surface area contributed by atoms with Gasteiger partial charge in [-0.05, 0) is 43.6 Å². The minimum atomic E-state index is -0.670. The maximum Gasteiger partial charge on any atom is 0.330 e. The van der Waals surface area contributed by atoms with E-state index in [2.05, 4.69) is 21.7 Å². The molecule has 1 aliphatic rings. The molecule has 36 heavy (non-hydrogen) atoms. The Labute approximate surface area is 210 Å². The summed E-state index contributed by atoms with van der Waals surface area (Å²) >= 11 is 0. The second-order valence-electron chi connectivity index (χ2n) is 9.50. The molecule has 5 N–H and O–H groups in total. The number of hydrogen-bond acceptors (Lipinski definition) is 6. The molecule has 0 bridgehead atoms. The first-order chi connectivity index (χ1) is 17.2. The maximum atomic E-state index is 12.9. The Morgan fingerprint density at radius 1 is 1.17 bits per heavy atom. The number of rotatable bonds is 10. The van der Waals surface area contributed by atoms with E-state index in [4.69, 9.17) is 5.73 Å². The summed E-state index contributed by atoms with van der Waals surface area (Å²) in [6, 6.07) is 8.68. The van der Waals surface area contributed by atoms with Crippen molar-refractivity contribution < 1.29 is 9.59 Å². The average Bonchev–Trinajstić information content (AvgIpc) is 2.85. The van der Waals surface area contributed by atoms with Crippen molar-refractivity contribution in [2.24, 2.45) is 5.92 Å². The van der Waals surface area contributed by atoms with Crippen LogP contribution in [0.25, 0.3) is 0 Å².